The number of nitrogens with one attached hydrogen (secondary N) is 1. The van der Waals surface area contributed by atoms with Crippen LogP contribution in [0.2, 0.25) is 5.02 Å². The topological polar surface area (TPSA) is 81.4 Å². The molecule has 3 aromatic carbocycles. The number of aromatic nitrogens is 1. The largest absolute Gasteiger partial charge is 0.497 e. The molecule has 6 nitrogen and oxygen atoms in total. The maximum Gasteiger partial charge on any atom is 0.233 e. The van der Waals surface area contributed by atoms with Crippen molar-refractivity contribution in [2.75, 3.05) is 19.0 Å². The number of anilines is 1. The Morgan fingerprint density at radius 3 is 2.34 bits per heavy atom. The fraction of sp³-hybridized carbons (Fsp3) is 0.125. The average molecular weight is 469 g/mol. The van der Waals surface area contributed by atoms with Gasteiger partial charge in [0.2, 0.25) is 26.6 Å². The summed E-state index contributed by atoms with van der Waals surface area (Å²) < 4.78 is 37.6. The number of benzene rings is 3. The number of oxazole rings is 1. The molecular formula is C24H21ClN2O4S. The maximum atomic E-state index is 13.3. The predicted octanol–water partition coefficient (Wildman–Crippen LogP) is 5.49. The second-order valence-corrected chi connectivity index (χ2v) is 9.25. The van der Waals surface area contributed by atoms with Gasteiger partial charge in [0.05, 0.1) is 22.6 Å². The second kappa shape index (κ2) is 9.46. The molecule has 0 aliphatic heterocycles. The molecule has 0 radical (unpaired) electrons. The predicted molar refractivity (Wildman–Crippen MR) is 124 cm³/mol. The lowest BCUT2D eigenvalue weighted by atomic mass is 10.1. The van der Waals surface area contributed by atoms with E-state index in [-0.39, 0.29) is 21.7 Å². The summed E-state index contributed by atoms with van der Waals surface area (Å²) in [7, 11) is -2.28. The molecule has 32 heavy (non-hydrogen) atoms. The first-order valence-corrected chi connectivity index (χ1v) is 11.8. The van der Waals surface area contributed by atoms with Gasteiger partial charge < -0.3 is 14.5 Å². The SMILES string of the molecule is COc1ccc(CCNc2oc(-c3ccccc3Cl)nc2S(=O)(=O)c2ccccc2)cc1. The summed E-state index contributed by atoms with van der Waals surface area (Å²) >= 11 is 6.28. The number of nitrogens with zero attached hydrogens (tertiary/aromatic N) is 1. The number of sulfone groups is 1. The van der Waals surface area contributed by atoms with E-state index in [9.17, 15) is 8.42 Å². The molecule has 0 aliphatic carbocycles. The van der Waals surface area contributed by atoms with Crippen LogP contribution >= 0.6 is 11.6 Å². The number of rotatable bonds is 8. The third-order valence-corrected chi connectivity index (χ3v) is 6.87. The minimum atomic E-state index is -3.90. The van der Waals surface area contributed by atoms with E-state index < -0.39 is 9.84 Å². The van der Waals surface area contributed by atoms with Crippen molar-refractivity contribution in [2.45, 2.75) is 16.3 Å². The van der Waals surface area contributed by atoms with Gasteiger partial charge in [0.25, 0.3) is 0 Å². The van der Waals surface area contributed by atoms with Gasteiger partial charge in [-0.25, -0.2) is 8.42 Å². The molecule has 0 atom stereocenters. The molecule has 4 aromatic rings. The van der Waals surface area contributed by atoms with E-state index in [4.69, 9.17) is 20.8 Å². The van der Waals surface area contributed by atoms with Crippen LogP contribution in [0.4, 0.5) is 5.88 Å². The zero-order chi connectivity index (χ0) is 22.6. The first-order valence-electron chi connectivity index (χ1n) is 9.91. The van der Waals surface area contributed by atoms with Crippen molar-refractivity contribution < 1.29 is 17.6 Å². The van der Waals surface area contributed by atoms with Crippen LogP contribution in [0.1, 0.15) is 5.56 Å². The van der Waals surface area contributed by atoms with Crippen LogP contribution in [-0.2, 0) is 16.3 Å². The molecule has 0 fully saturated rings. The summed E-state index contributed by atoms with van der Waals surface area (Å²) in [6, 6.07) is 22.8. The highest BCUT2D eigenvalue weighted by molar-refractivity contribution is 7.91. The number of halogens is 1. The molecule has 0 unspecified atom stereocenters. The molecule has 1 aromatic heterocycles. The van der Waals surface area contributed by atoms with Crippen molar-refractivity contribution in [3.8, 4) is 17.2 Å². The van der Waals surface area contributed by atoms with Crippen LogP contribution in [0.25, 0.3) is 11.5 Å². The van der Waals surface area contributed by atoms with Gasteiger partial charge >= 0.3 is 0 Å². The molecule has 0 spiro atoms. The van der Waals surface area contributed by atoms with E-state index in [1.165, 1.54) is 12.1 Å². The molecule has 0 aliphatic rings. The van der Waals surface area contributed by atoms with Gasteiger partial charge in [0.1, 0.15) is 5.75 Å². The van der Waals surface area contributed by atoms with Crippen LogP contribution in [0.5, 0.6) is 5.75 Å². The molecule has 0 saturated carbocycles. The lowest BCUT2D eigenvalue weighted by Crippen LogP contribution is -2.09. The van der Waals surface area contributed by atoms with Crippen molar-refractivity contribution in [3.05, 3.63) is 89.4 Å². The average Bonchev–Trinajstić information content (AvgIpc) is 3.25. The smallest absolute Gasteiger partial charge is 0.233 e. The Kier molecular flexibility index (Phi) is 6.48. The maximum absolute atomic E-state index is 13.3. The summed E-state index contributed by atoms with van der Waals surface area (Å²) in [6.07, 6.45) is 0.650. The fourth-order valence-corrected chi connectivity index (χ4v) is 4.69. The second-order valence-electron chi connectivity index (χ2n) is 6.97. The van der Waals surface area contributed by atoms with Crippen molar-refractivity contribution >= 4 is 27.3 Å². The molecule has 0 bridgehead atoms. The van der Waals surface area contributed by atoms with Gasteiger partial charge in [-0.1, -0.05) is 54.1 Å². The third-order valence-electron chi connectivity index (χ3n) is 4.87. The first kappa shape index (κ1) is 21.9. The highest BCUT2D eigenvalue weighted by Crippen LogP contribution is 2.34. The molecule has 1 N–H and O–H groups in total. The number of ether oxygens (including phenoxy) is 1. The summed E-state index contributed by atoms with van der Waals surface area (Å²) in [5, 5.41) is 3.34. The summed E-state index contributed by atoms with van der Waals surface area (Å²) in [6.45, 7) is 0.445. The van der Waals surface area contributed by atoms with Crippen LogP contribution in [0.3, 0.4) is 0 Å². The molecule has 0 amide bonds. The molecule has 8 heteroatoms. The third kappa shape index (κ3) is 4.64. The summed E-state index contributed by atoms with van der Waals surface area (Å²) in [5.41, 5.74) is 1.58. The van der Waals surface area contributed by atoms with E-state index in [0.29, 0.717) is 23.6 Å². The highest BCUT2D eigenvalue weighted by atomic mass is 35.5. The fourth-order valence-electron chi connectivity index (χ4n) is 3.17. The van der Waals surface area contributed by atoms with E-state index in [1.54, 1.807) is 49.6 Å². The lowest BCUT2D eigenvalue weighted by molar-refractivity contribution is 0.414. The van der Waals surface area contributed by atoms with Gasteiger partial charge in [0.15, 0.2) is 0 Å². The van der Waals surface area contributed by atoms with Crippen LogP contribution in [0, 0.1) is 0 Å². The quantitative estimate of drug-likeness (QED) is 0.368. The van der Waals surface area contributed by atoms with Gasteiger partial charge in [0, 0.05) is 6.54 Å². The number of hydrogen-bond acceptors (Lipinski definition) is 6. The number of methoxy groups -OCH3 is 1. The van der Waals surface area contributed by atoms with Gasteiger partial charge in [-0.2, -0.15) is 4.98 Å². The molecule has 1 heterocycles. The van der Waals surface area contributed by atoms with Crippen molar-refractivity contribution in [1.29, 1.82) is 0 Å². The molecule has 4 rings (SSSR count). The minimum absolute atomic E-state index is 0.0808. The molecule has 164 valence electrons. The molecule has 0 saturated heterocycles. The van der Waals surface area contributed by atoms with Gasteiger partial charge in [-0.15, -0.1) is 0 Å². The Morgan fingerprint density at radius 1 is 0.969 bits per heavy atom. The van der Waals surface area contributed by atoms with Crippen molar-refractivity contribution in [2.24, 2.45) is 0 Å². The van der Waals surface area contributed by atoms with Crippen molar-refractivity contribution in [3.63, 3.8) is 0 Å². The van der Waals surface area contributed by atoms with E-state index in [0.717, 1.165) is 11.3 Å². The first-order chi connectivity index (χ1) is 15.5. The standard InChI is InChI=1S/C24H21ClN2O4S/c1-30-18-13-11-17(12-14-18)15-16-26-23-24(32(28,29)19-7-3-2-4-8-19)27-22(31-23)20-9-5-6-10-21(20)25/h2-14,26H,15-16H2,1H3. The van der Waals surface area contributed by atoms with Crippen LogP contribution < -0.4 is 10.1 Å². The van der Waals surface area contributed by atoms with E-state index in [2.05, 4.69) is 10.3 Å². The lowest BCUT2D eigenvalue weighted by Gasteiger charge is -2.07. The minimum Gasteiger partial charge on any atom is -0.497 e. The van der Waals surface area contributed by atoms with Crippen LogP contribution in [-0.4, -0.2) is 27.1 Å². The summed E-state index contributed by atoms with van der Waals surface area (Å²) in [5.74, 6) is 0.993. The van der Waals surface area contributed by atoms with Gasteiger partial charge in [-0.05, 0) is 48.4 Å². The zero-order valence-electron chi connectivity index (χ0n) is 17.3. The van der Waals surface area contributed by atoms with Crippen LogP contribution in [0.15, 0.2) is 93.2 Å². The molecular weight excluding hydrogens is 448 g/mol. The van der Waals surface area contributed by atoms with Crippen molar-refractivity contribution in [1.82, 2.24) is 4.98 Å². The Bertz CT molecular complexity index is 1300. The number of hydrogen-bond donors (Lipinski definition) is 1. The monoisotopic (exact) mass is 468 g/mol. The summed E-state index contributed by atoms with van der Waals surface area (Å²) in [4.78, 5) is 4.46. The Morgan fingerprint density at radius 2 is 1.66 bits per heavy atom. The van der Waals surface area contributed by atoms with E-state index in [1.807, 2.05) is 24.3 Å². The normalized spacial score (nSPS) is 11.3. The Labute approximate surface area is 191 Å². The van der Waals surface area contributed by atoms with Gasteiger partial charge in [-0.3, -0.25) is 0 Å². The Hall–Kier alpha value is -3.29. The zero-order valence-corrected chi connectivity index (χ0v) is 18.9. The Balaban J connectivity index is 1.65. The van der Waals surface area contributed by atoms with E-state index >= 15 is 0 Å². The highest BCUT2D eigenvalue weighted by Gasteiger charge is 2.28.